The molecule has 0 radical (unpaired) electrons. The Morgan fingerprint density at radius 3 is 2.53 bits per heavy atom. The number of nitrogens with one attached hydrogen (secondary N) is 2. The number of hydrogen-bond acceptors (Lipinski definition) is 4. The van der Waals surface area contributed by atoms with Gasteiger partial charge in [-0.1, -0.05) is 0 Å². The molecule has 17 heavy (non-hydrogen) atoms. The van der Waals surface area contributed by atoms with E-state index in [1.165, 1.54) is 0 Å². The van der Waals surface area contributed by atoms with Gasteiger partial charge in [0.15, 0.2) is 5.69 Å². The summed E-state index contributed by atoms with van der Waals surface area (Å²) in [5, 5.41) is 5.89. The fraction of sp³-hybridized carbons (Fsp3) is 0.182. The van der Waals surface area contributed by atoms with E-state index in [9.17, 15) is 9.59 Å². The van der Waals surface area contributed by atoms with Gasteiger partial charge in [0.1, 0.15) is 5.75 Å². The molecule has 0 aliphatic rings. The Labute approximate surface area is 96.3 Å². The molecule has 1 aromatic heterocycles. The Morgan fingerprint density at radius 1 is 1.24 bits per heavy atom. The van der Waals surface area contributed by atoms with Crippen molar-refractivity contribution in [3.05, 3.63) is 45.1 Å². The molecule has 88 valence electrons. The van der Waals surface area contributed by atoms with Gasteiger partial charge in [-0.15, -0.1) is 0 Å². The minimum absolute atomic E-state index is 0.174. The van der Waals surface area contributed by atoms with E-state index >= 15 is 0 Å². The third kappa shape index (κ3) is 2.41. The minimum atomic E-state index is -0.621. The van der Waals surface area contributed by atoms with E-state index in [-0.39, 0.29) is 5.69 Å². The predicted octanol–water partition coefficient (Wildman–Crippen LogP) is 0.524. The average molecular weight is 233 g/mol. The summed E-state index contributed by atoms with van der Waals surface area (Å²) >= 11 is 0. The maximum Gasteiger partial charge on any atom is 0.342 e. The summed E-state index contributed by atoms with van der Waals surface area (Å²) in [4.78, 5) is 24.4. The molecule has 2 aromatic rings. The molecule has 1 aromatic carbocycles. The van der Waals surface area contributed by atoms with E-state index in [0.717, 1.165) is 5.75 Å². The van der Waals surface area contributed by atoms with Gasteiger partial charge in [-0.25, -0.2) is 9.89 Å². The summed E-state index contributed by atoms with van der Waals surface area (Å²) in [7, 11) is 0. The van der Waals surface area contributed by atoms with Crippen LogP contribution in [0.3, 0.4) is 0 Å². The van der Waals surface area contributed by atoms with Crippen LogP contribution in [0, 0.1) is 0 Å². The maximum atomic E-state index is 11.5. The van der Waals surface area contributed by atoms with Gasteiger partial charge >= 0.3 is 5.69 Å². The predicted molar refractivity (Wildman–Crippen MR) is 62.1 cm³/mol. The molecule has 0 unspecified atom stereocenters. The summed E-state index contributed by atoms with van der Waals surface area (Å²) in [6, 6.07) is 6.90. The first-order valence-electron chi connectivity index (χ1n) is 5.13. The van der Waals surface area contributed by atoms with Gasteiger partial charge in [-0.2, -0.15) is 5.10 Å². The van der Waals surface area contributed by atoms with E-state index in [1.807, 2.05) is 6.92 Å². The van der Waals surface area contributed by atoms with Gasteiger partial charge in [-0.3, -0.25) is 9.78 Å². The zero-order valence-electron chi connectivity index (χ0n) is 9.19. The van der Waals surface area contributed by atoms with Crippen molar-refractivity contribution in [2.24, 2.45) is 0 Å². The van der Waals surface area contributed by atoms with Crippen molar-refractivity contribution in [3.63, 3.8) is 0 Å². The standard InChI is InChI=1S/C11H11N3O3/c1-2-17-8-5-3-7(4-6-8)9-10(15)12-11(16)14-13-9/h3-6H,2H2,1H3,(H2,12,14,15,16). The summed E-state index contributed by atoms with van der Waals surface area (Å²) in [5.74, 6) is 0.720. The lowest BCUT2D eigenvalue weighted by Gasteiger charge is -2.03. The summed E-state index contributed by atoms with van der Waals surface area (Å²) in [6.07, 6.45) is 0. The Hall–Kier alpha value is -2.37. The van der Waals surface area contributed by atoms with Crippen LogP contribution in [0.1, 0.15) is 6.92 Å². The normalized spacial score (nSPS) is 10.2. The largest absolute Gasteiger partial charge is 0.494 e. The van der Waals surface area contributed by atoms with E-state index in [0.29, 0.717) is 12.2 Å². The third-order valence-electron chi connectivity index (χ3n) is 2.15. The second-order valence-corrected chi connectivity index (χ2v) is 3.31. The number of hydrogen-bond donors (Lipinski definition) is 2. The second kappa shape index (κ2) is 4.65. The SMILES string of the molecule is CCOc1ccc(-c2n[nH]c(=O)[nH]c2=O)cc1. The van der Waals surface area contributed by atoms with Crippen molar-refractivity contribution >= 4 is 0 Å². The average Bonchev–Trinajstić information content (AvgIpc) is 2.31. The highest BCUT2D eigenvalue weighted by Crippen LogP contribution is 2.17. The molecule has 0 fully saturated rings. The number of benzene rings is 1. The molecule has 0 aliphatic carbocycles. The minimum Gasteiger partial charge on any atom is -0.494 e. The van der Waals surface area contributed by atoms with Crippen LogP contribution < -0.4 is 16.0 Å². The molecule has 6 nitrogen and oxygen atoms in total. The molecule has 0 aliphatic heterocycles. The Morgan fingerprint density at radius 2 is 1.94 bits per heavy atom. The zero-order valence-corrected chi connectivity index (χ0v) is 9.19. The van der Waals surface area contributed by atoms with E-state index in [4.69, 9.17) is 4.74 Å². The van der Waals surface area contributed by atoms with Crippen molar-refractivity contribution in [3.8, 4) is 17.0 Å². The van der Waals surface area contributed by atoms with Crippen LogP contribution in [0.15, 0.2) is 33.9 Å². The van der Waals surface area contributed by atoms with Crippen LogP contribution in [0.5, 0.6) is 5.75 Å². The number of rotatable bonds is 3. The van der Waals surface area contributed by atoms with Crippen molar-refractivity contribution in [1.29, 1.82) is 0 Å². The molecule has 2 N–H and O–H groups in total. The molecular formula is C11H11N3O3. The Kier molecular flexibility index (Phi) is 3.04. The number of nitrogens with zero attached hydrogens (tertiary/aromatic N) is 1. The highest BCUT2D eigenvalue weighted by atomic mass is 16.5. The molecule has 1 heterocycles. The maximum absolute atomic E-state index is 11.5. The van der Waals surface area contributed by atoms with Crippen LogP contribution in [0.4, 0.5) is 0 Å². The van der Waals surface area contributed by atoms with Crippen molar-refractivity contribution in [1.82, 2.24) is 15.2 Å². The molecule has 0 amide bonds. The van der Waals surface area contributed by atoms with E-state index in [1.54, 1.807) is 24.3 Å². The summed E-state index contributed by atoms with van der Waals surface area (Å²) in [6.45, 7) is 2.47. The number of aromatic nitrogens is 3. The highest BCUT2D eigenvalue weighted by Gasteiger charge is 2.05. The zero-order chi connectivity index (χ0) is 12.3. The van der Waals surface area contributed by atoms with Crippen LogP contribution >= 0.6 is 0 Å². The van der Waals surface area contributed by atoms with Crippen LogP contribution in [-0.2, 0) is 0 Å². The Bertz CT molecular complexity index is 613. The lowest BCUT2D eigenvalue weighted by atomic mass is 10.1. The van der Waals surface area contributed by atoms with Crippen LogP contribution in [0.2, 0.25) is 0 Å². The molecule has 0 saturated heterocycles. The summed E-state index contributed by atoms with van der Waals surface area (Å²) in [5.41, 5.74) is -0.346. The first-order chi connectivity index (χ1) is 8.20. The molecular weight excluding hydrogens is 222 g/mol. The fourth-order valence-electron chi connectivity index (χ4n) is 1.42. The van der Waals surface area contributed by atoms with Gasteiger partial charge in [0, 0.05) is 5.56 Å². The van der Waals surface area contributed by atoms with Crippen LogP contribution in [0.25, 0.3) is 11.3 Å². The highest BCUT2D eigenvalue weighted by molar-refractivity contribution is 5.58. The second-order valence-electron chi connectivity index (χ2n) is 3.31. The summed E-state index contributed by atoms with van der Waals surface area (Å²) < 4.78 is 5.28. The van der Waals surface area contributed by atoms with Crippen LogP contribution in [-0.4, -0.2) is 21.8 Å². The quantitative estimate of drug-likeness (QED) is 0.809. The molecule has 0 saturated carbocycles. The van der Waals surface area contributed by atoms with Crippen molar-refractivity contribution in [2.75, 3.05) is 6.61 Å². The van der Waals surface area contributed by atoms with Gasteiger partial charge < -0.3 is 4.74 Å². The molecule has 0 bridgehead atoms. The van der Waals surface area contributed by atoms with E-state index < -0.39 is 11.2 Å². The lowest BCUT2D eigenvalue weighted by molar-refractivity contribution is 0.340. The smallest absolute Gasteiger partial charge is 0.342 e. The lowest BCUT2D eigenvalue weighted by Crippen LogP contribution is -2.25. The molecule has 6 heteroatoms. The topological polar surface area (TPSA) is 87.8 Å². The Balaban J connectivity index is 2.40. The first-order valence-corrected chi connectivity index (χ1v) is 5.13. The van der Waals surface area contributed by atoms with Gasteiger partial charge in [0.25, 0.3) is 5.56 Å². The number of H-pyrrole nitrogens is 2. The first kappa shape index (κ1) is 11.1. The molecule has 2 rings (SSSR count). The third-order valence-corrected chi connectivity index (χ3v) is 2.15. The molecule has 0 spiro atoms. The van der Waals surface area contributed by atoms with Crippen molar-refractivity contribution in [2.45, 2.75) is 6.92 Å². The van der Waals surface area contributed by atoms with Gasteiger partial charge in [0.2, 0.25) is 0 Å². The van der Waals surface area contributed by atoms with Gasteiger partial charge in [-0.05, 0) is 31.2 Å². The number of ether oxygens (including phenoxy) is 1. The van der Waals surface area contributed by atoms with E-state index in [2.05, 4.69) is 15.2 Å². The number of aromatic amines is 2. The monoisotopic (exact) mass is 233 g/mol. The van der Waals surface area contributed by atoms with Gasteiger partial charge in [0.05, 0.1) is 6.61 Å². The fourth-order valence-corrected chi connectivity index (χ4v) is 1.42. The molecule has 0 atom stereocenters. The van der Waals surface area contributed by atoms with Crippen molar-refractivity contribution < 1.29 is 4.74 Å².